The van der Waals surface area contributed by atoms with Crippen LogP contribution in [0.15, 0.2) is 47.2 Å². The Kier molecular flexibility index (Phi) is 4.10. The highest BCUT2D eigenvalue weighted by atomic mass is 79.9. The van der Waals surface area contributed by atoms with Gasteiger partial charge in [-0.05, 0) is 42.3 Å². The first kappa shape index (κ1) is 12.8. The number of halogens is 1. The van der Waals surface area contributed by atoms with Crippen LogP contribution >= 0.6 is 15.9 Å². The number of aromatic nitrogens is 1. The smallest absolute Gasteiger partial charge is 0.251 e. The lowest BCUT2D eigenvalue weighted by Crippen LogP contribution is -2.23. The van der Waals surface area contributed by atoms with Crippen molar-refractivity contribution in [3.63, 3.8) is 0 Å². The van der Waals surface area contributed by atoms with Gasteiger partial charge in [-0.25, -0.2) is 0 Å². The monoisotopic (exact) mass is 304 g/mol. The molecule has 4 heteroatoms. The van der Waals surface area contributed by atoms with Crippen molar-refractivity contribution in [1.29, 1.82) is 0 Å². The standard InChI is InChI=1S/C14H13BrN2O/c1-10-2-3-13(15)8-12(10)9-17-14(18)11-4-6-16-7-5-11/h2-8H,9H2,1H3,(H,17,18). The second-order valence-electron chi connectivity index (χ2n) is 3.99. The topological polar surface area (TPSA) is 42.0 Å². The van der Waals surface area contributed by atoms with Crippen LogP contribution in [0.25, 0.3) is 0 Å². The van der Waals surface area contributed by atoms with Gasteiger partial charge in [0.2, 0.25) is 0 Å². The molecule has 18 heavy (non-hydrogen) atoms. The Hall–Kier alpha value is -1.68. The highest BCUT2D eigenvalue weighted by molar-refractivity contribution is 9.10. The number of aryl methyl sites for hydroxylation is 1. The summed E-state index contributed by atoms with van der Waals surface area (Å²) in [5.41, 5.74) is 2.89. The molecule has 0 atom stereocenters. The highest BCUT2D eigenvalue weighted by Gasteiger charge is 2.05. The van der Waals surface area contributed by atoms with Gasteiger partial charge in [0.05, 0.1) is 0 Å². The van der Waals surface area contributed by atoms with Crippen LogP contribution in [0.5, 0.6) is 0 Å². The Bertz CT molecular complexity index is 555. The number of benzene rings is 1. The molecule has 1 N–H and O–H groups in total. The molecule has 0 unspecified atom stereocenters. The maximum atomic E-state index is 11.9. The van der Waals surface area contributed by atoms with E-state index in [1.807, 2.05) is 25.1 Å². The van der Waals surface area contributed by atoms with Gasteiger partial charge in [0.25, 0.3) is 5.91 Å². The predicted octanol–water partition coefficient (Wildman–Crippen LogP) is 3.08. The van der Waals surface area contributed by atoms with Crippen LogP contribution < -0.4 is 5.32 Å². The Morgan fingerprint density at radius 2 is 2.00 bits per heavy atom. The zero-order valence-electron chi connectivity index (χ0n) is 9.98. The molecule has 0 saturated heterocycles. The molecule has 1 aromatic heterocycles. The van der Waals surface area contributed by atoms with Crippen molar-refractivity contribution in [2.45, 2.75) is 13.5 Å². The minimum Gasteiger partial charge on any atom is -0.348 e. The number of hydrogen-bond donors (Lipinski definition) is 1. The first-order valence-corrected chi connectivity index (χ1v) is 6.39. The highest BCUT2D eigenvalue weighted by Crippen LogP contribution is 2.15. The van der Waals surface area contributed by atoms with Gasteiger partial charge in [-0.15, -0.1) is 0 Å². The Balaban J connectivity index is 2.04. The van der Waals surface area contributed by atoms with E-state index in [1.54, 1.807) is 24.5 Å². The number of nitrogens with one attached hydrogen (secondary N) is 1. The van der Waals surface area contributed by atoms with E-state index in [4.69, 9.17) is 0 Å². The fourth-order valence-electron chi connectivity index (χ4n) is 1.61. The second-order valence-corrected chi connectivity index (χ2v) is 4.91. The molecule has 1 aromatic carbocycles. The third-order valence-electron chi connectivity index (χ3n) is 2.69. The quantitative estimate of drug-likeness (QED) is 0.947. The van der Waals surface area contributed by atoms with Crippen LogP contribution in [-0.2, 0) is 6.54 Å². The normalized spacial score (nSPS) is 10.1. The summed E-state index contributed by atoms with van der Waals surface area (Å²) in [7, 11) is 0. The summed E-state index contributed by atoms with van der Waals surface area (Å²) in [4.78, 5) is 15.7. The molecule has 0 spiro atoms. The zero-order valence-corrected chi connectivity index (χ0v) is 11.6. The van der Waals surface area contributed by atoms with E-state index in [9.17, 15) is 4.79 Å². The van der Waals surface area contributed by atoms with E-state index in [0.29, 0.717) is 12.1 Å². The van der Waals surface area contributed by atoms with Gasteiger partial charge in [-0.2, -0.15) is 0 Å². The van der Waals surface area contributed by atoms with Crippen molar-refractivity contribution < 1.29 is 4.79 Å². The number of carbonyl (C=O) groups excluding carboxylic acids is 1. The van der Waals surface area contributed by atoms with Gasteiger partial charge < -0.3 is 5.32 Å². The molecule has 3 nitrogen and oxygen atoms in total. The van der Waals surface area contributed by atoms with Gasteiger partial charge >= 0.3 is 0 Å². The van der Waals surface area contributed by atoms with E-state index in [0.717, 1.165) is 15.6 Å². The molecule has 0 aliphatic carbocycles. The van der Waals surface area contributed by atoms with Crippen molar-refractivity contribution >= 4 is 21.8 Å². The van der Waals surface area contributed by atoms with Crippen molar-refractivity contribution in [3.05, 3.63) is 63.9 Å². The summed E-state index contributed by atoms with van der Waals surface area (Å²) in [6, 6.07) is 9.43. The predicted molar refractivity (Wildman–Crippen MR) is 74.3 cm³/mol. The second kappa shape index (κ2) is 5.78. The summed E-state index contributed by atoms with van der Waals surface area (Å²) in [6.45, 7) is 2.55. The summed E-state index contributed by atoms with van der Waals surface area (Å²) >= 11 is 3.43. The molecule has 1 heterocycles. The molecule has 0 bridgehead atoms. The largest absolute Gasteiger partial charge is 0.348 e. The number of rotatable bonds is 3. The molecule has 2 rings (SSSR count). The minimum atomic E-state index is -0.0863. The fraction of sp³-hybridized carbons (Fsp3) is 0.143. The molecular weight excluding hydrogens is 292 g/mol. The molecule has 0 aliphatic rings. The maximum Gasteiger partial charge on any atom is 0.251 e. The lowest BCUT2D eigenvalue weighted by atomic mass is 10.1. The summed E-state index contributed by atoms with van der Waals surface area (Å²) < 4.78 is 1.02. The molecule has 2 aromatic rings. The number of pyridine rings is 1. The Morgan fingerprint density at radius 3 is 2.72 bits per heavy atom. The summed E-state index contributed by atoms with van der Waals surface area (Å²) in [6.07, 6.45) is 3.22. The van der Waals surface area contributed by atoms with Crippen LogP contribution in [0.1, 0.15) is 21.5 Å². The lowest BCUT2D eigenvalue weighted by molar-refractivity contribution is 0.0951. The number of nitrogens with zero attached hydrogens (tertiary/aromatic N) is 1. The SMILES string of the molecule is Cc1ccc(Br)cc1CNC(=O)c1ccncc1. The summed E-state index contributed by atoms with van der Waals surface area (Å²) in [5, 5.41) is 2.90. The fourth-order valence-corrected chi connectivity index (χ4v) is 2.02. The van der Waals surface area contributed by atoms with Gasteiger partial charge in [-0.1, -0.05) is 22.0 Å². The third-order valence-corrected chi connectivity index (χ3v) is 3.19. The van der Waals surface area contributed by atoms with Crippen molar-refractivity contribution in [3.8, 4) is 0 Å². The summed E-state index contributed by atoms with van der Waals surface area (Å²) in [5.74, 6) is -0.0863. The van der Waals surface area contributed by atoms with Gasteiger partial charge in [0.1, 0.15) is 0 Å². The molecule has 1 amide bonds. The minimum absolute atomic E-state index is 0.0863. The van der Waals surface area contributed by atoms with Crippen molar-refractivity contribution in [1.82, 2.24) is 10.3 Å². The maximum absolute atomic E-state index is 11.9. The molecule has 0 fully saturated rings. The zero-order chi connectivity index (χ0) is 13.0. The van der Waals surface area contributed by atoms with E-state index in [2.05, 4.69) is 26.2 Å². The van der Waals surface area contributed by atoms with Crippen molar-refractivity contribution in [2.75, 3.05) is 0 Å². The van der Waals surface area contributed by atoms with E-state index in [-0.39, 0.29) is 5.91 Å². The molecular formula is C14H13BrN2O. The molecule has 92 valence electrons. The van der Waals surface area contributed by atoms with Crippen molar-refractivity contribution in [2.24, 2.45) is 0 Å². The third kappa shape index (κ3) is 3.17. The Morgan fingerprint density at radius 1 is 1.28 bits per heavy atom. The average molecular weight is 305 g/mol. The van der Waals surface area contributed by atoms with Crippen LogP contribution in [0.2, 0.25) is 0 Å². The van der Waals surface area contributed by atoms with Crippen LogP contribution in [-0.4, -0.2) is 10.9 Å². The lowest BCUT2D eigenvalue weighted by Gasteiger charge is -2.08. The van der Waals surface area contributed by atoms with Gasteiger partial charge in [0.15, 0.2) is 0 Å². The van der Waals surface area contributed by atoms with Gasteiger partial charge in [-0.3, -0.25) is 9.78 Å². The molecule has 0 radical (unpaired) electrons. The van der Waals surface area contributed by atoms with Crippen LogP contribution in [0.4, 0.5) is 0 Å². The van der Waals surface area contributed by atoms with Gasteiger partial charge in [0, 0.05) is 29.0 Å². The van der Waals surface area contributed by atoms with E-state index in [1.165, 1.54) is 0 Å². The molecule has 0 saturated carbocycles. The number of carbonyl (C=O) groups is 1. The number of hydrogen-bond acceptors (Lipinski definition) is 2. The first-order valence-electron chi connectivity index (χ1n) is 5.60. The first-order chi connectivity index (χ1) is 8.66. The van der Waals surface area contributed by atoms with Crippen LogP contribution in [0.3, 0.4) is 0 Å². The Labute approximate surface area is 114 Å². The van der Waals surface area contributed by atoms with Crippen LogP contribution in [0, 0.1) is 6.92 Å². The average Bonchev–Trinajstić information content (AvgIpc) is 2.40. The van der Waals surface area contributed by atoms with E-state index < -0.39 is 0 Å². The van der Waals surface area contributed by atoms with E-state index >= 15 is 0 Å². The molecule has 0 aliphatic heterocycles. The number of amides is 1.